The van der Waals surface area contributed by atoms with Crippen LogP contribution >= 0.6 is 0 Å². The molecule has 0 bridgehead atoms. The van der Waals surface area contributed by atoms with E-state index in [0.29, 0.717) is 13.0 Å². The van der Waals surface area contributed by atoms with Crippen LogP contribution in [0.5, 0.6) is 0 Å². The standard InChI is InChI=1S/C23H32N2O5/c1-6-10-30-22(29)25-15-18(12-19(25)21(27)28)24(20(26)13-23(3,4)5)14-17-9-7-8-16(2)11-17/h6-9,11,18-19H,1,10,12-15H2,2-5H3,(H,27,28)/t18-,19-/m0/s1. The third-order valence-corrected chi connectivity index (χ3v) is 5.00. The van der Waals surface area contributed by atoms with Crippen LogP contribution in [-0.2, 0) is 20.9 Å². The highest BCUT2D eigenvalue weighted by molar-refractivity contribution is 5.82. The Morgan fingerprint density at radius 1 is 1.33 bits per heavy atom. The predicted molar refractivity (Wildman–Crippen MR) is 114 cm³/mol. The minimum atomic E-state index is -1.10. The predicted octanol–water partition coefficient (Wildman–Crippen LogP) is 3.61. The molecule has 0 aliphatic carbocycles. The molecule has 0 radical (unpaired) electrons. The zero-order valence-corrected chi connectivity index (χ0v) is 18.3. The maximum atomic E-state index is 13.2. The van der Waals surface area contributed by atoms with Crippen molar-refractivity contribution in [1.29, 1.82) is 0 Å². The van der Waals surface area contributed by atoms with Crippen LogP contribution in [0.3, 0.4) is 0 Å². The first-order chi connectivity index (χ1) is 14.0. The molecule has 2 rings (SSSR count). The highest BCUT2D eigenvalue weighted by Gasteiger charge is 2.44. The van der Waals surface area contributed by atoms with Crippen molar-refractivity contribution in [1.82, 2.24) is 9.80 Å². The molecule has 1 aliphatic heterocycles. The van der Waals surface area contributed by atoms with Gasteiger partial charge in [-0.1, -0.05) is 63.3 Å². The third-order valence-electron chi connectivity index (χ3n) is 5.00. The molecule has 0 unspecified atom stereocenters. The second-order valence-electron chi connectivity index (χ2n) is 9.01. The Balaban J connectivity index is 2.29. The average molecular weight is 417 g/mol. The maximum Gasteiger partial charge on any atom is 0.410 e. The Hall–Kier alpha value is -2.83. The summed E-state index contributed by atoms with van der Waals surface area (Å²) in [5, 5.41) is 9.64. The van der Waals surface area contributed by atoms with Gasteiger partial charge in [0.25, 0.3) is 0 Å². The third kappa shape index (κ3) is 6.34. The van der Waals surface area contributed by atoms with Crippen molar-refractivity contribution >= 4 is 18.0 Å². The van der Waals surface area contributed by atoms with Crippen molar-refractivity contribution in [3.8, 4) is 0 Å². The summed E-state index contributed by atoms with van der Waals surface area (Å²) in [4.78, 5) is 40.3. The summed E-state index contributed by atoms with van der Waals surface area (Å²) in [5.74, 6) is -1.16. The summed E-state index contributed by atoms with van der Waals surface area (Å²) < 4.78 is 5.06. The van der Waals surface area contributed by atoms with Crippen LogP contribution in [0.2, 0.25) is 0 Å². The second kappa shape index (κ2) is 9.78. The van der Waals surface area contributed by atoms with Gasteiger partial charge in [0.1, 0.15) is 12.6 Å². The number of hydrogen-bond donors (Lipinski definition) is 1. The molecule has 1 N–H and O–H groups in total. The number of rotatable bonds is 7. The molecule has 164 valence electrons. The van der Waals surface area contributed by atoms with Gasteiger partial charge in [0, 0.05) is 25.9 Å². The molecule has 1 aromatic rings. The number of likely N-dealkylation sites (tertiary alicyclic amines) is 1. The zero-order chi connectivity index (χ0) is 22.5. The fourth-order valence-corrected chi connectivity index (χ4v) is 3.67. The van der Waals surface area contributed by atoms with E-state index in [9.17, 15) is 19.5 Å². The molecule has 2 amide bonds. The Bertz CT molecular complexity index is 799. The molecule has 0 aromatic heterocycles. The smallest absolute Gasteiger partial charge is 0.410 e. The fraction of sp³-hybridized carbons (Fsp3) is 0.522. The normalized spacial score (nSPS) is 18.7. The van der Waals surface area contributed by atoms with Crippen LogP contribution in [0.4, 0.5) is 4.79 Å². The molecule has 7 heteroatoms. The van der Waals surface area contributed by atoms with Crippen LogP contribution in [0.15, 0.2) is 36.9 Å². The van der Waals surface area contributed by atoms with Crippen molar-refractivity contribution in [2.75, 3.05) is 13.2 Å². The molecular weight excluding hydrogens is 384 g/mol. The quantitative estimate of drug-likeness (QED) is 0.686. The Kier molecular flexibility index (Phi) is 7.65. The van der Waals surface area contributed by atoms with Gasteiger partial charge in [-0.15, -0.1) is 0 Å². The average Bonchev–Trinajstić information content (AvgIpc) is 3.08. The number of carbonyl (C=O) groups excluding carboxylic acids is 2. The van der Waals surface area contributed by atoms with Gasteiger partial charge >= 0.3 is 12.1 Å². The summed E-state index contributed by atoms with van der Waals surface area (Å²) in [6.07, 6.45) is 1.22. The number of aryl methyl sites for hydroxylation is 1. The molecular formula is C23H32N2O5. The van der Waals surface area contributed by atoms with E-state index < -0.39 is 24.1 Å². The van der Waals surface area contributed by atoms with E-state index in [-0.39, 0.29) is 30.9 Å². The minimum Gasteiger partial charge on any atom is -0.480 e. The molecule has 1 aliphatic rings. The van der Waals surface area contributed by atoms with E-state index in [1.165, 1.54) is 11.0 Å². The topological polar surface area (TPSA) is 87.2 Å². The lowest BCUT2D eigenvalue weighted by Crippen LogP contribution is -2.44. The molecule has 0 saturated carbocycles. The van der Waals surface area contributed by atoms with Gasteiger partial charge < -0.3 is 14.7 Å². The Labute approximate surface area is 178 Å². The highest BCUT2D eigenvalue weighted by atomic mass is 16.6. The number of benzene rings is 1. The lowest BCUT2D eigenvalue weighted by Gasteiger charge is -2.32. The minimum absolute atomic E-state index is 0.00228. The van der Waals surface area contributed by atoms with Gasteiger partial charge in [-0.2, -0.15) is 0 Å². The summed E-state index contributed by atoms with van der Waals surface area (Å²) in [7, 11) is 0. The summed E-state index contributed by atoms with van der Waals surface area (Å²) in [5.41, 5.74) is 1.84. The second-order valence-corrected chi connectivity index (χ2v) is 9.01. The number of ether oxygens (including phenoxy) is 1. The number of hydrogen-bond acceptors (Lipinski definition) is 4. The molecule has 1 aromatic carbocycles. The summed E-state index contributed by atoms with van der Waals surface area (Å²) in [6.45, 7) is 11.9. The molecule has 1 fully saturated rings. The van der Waals surface area contributed by atoms with E-state index in [1.54, 1.807) is 4.90 Å². The van der Waals surface area contributed by atoms with Gasteiger partial charge in [0.05, 0.1) is 6.04 Å². The molecule has 2 atom stereocenters. The molecule has 30 heavy (non-hydrogen) atoms. The number of aliphatic carboxylic acids is 1. The largest absolute Gasteiger partial charge is 0.480 e. The van der Waals surface area contributed by atoms with Crippen molar-refractivity contribution < 1.29 is 24.2 Å². The van der Waals surface area contributed by atoms with Crippen LogP contribution in [-0.4, -0.2) is 58.1 Å². The Morgan fingerprint density at radius 3 is 2.60 bits per heavy atom. The van der Waals surface area contributed by atoms with E-state index in [2.05, 4.69) is 6.58 Å². The SMILES string of the molecule is C=CCOC(=O)N1C[C@@H](N(Cc2cccc(C)c2)C(=O)CC(C)(C)C)C[C@H]1C(=O)O. The Morgan fingerprint density at radius 2 is 2.03 bits per heavy atom. The monoisotopic (exact) mass is 416 g/mol. The first-order valence-electron chi connectivity index (χ1n) is 10.1. The maximum absolute atomic E-state index is 13.2. The zero-order valence-electron chi connectivity index (χ0n) is 18.3. The van der Waals surface area contributed by atoms with Crippen molar-refractivity contribution in [2.45, 2.75) is 59.2 Å². The lowest BCUT2D eigenvalue weighted by atomic mass is 9.91. The van der Waals surface area contributed by atoms with Gasteiger partial charge in [0.15, 0.2) is 0 Å². The van der Waals surface area contributed by atoms with Gasteiger partial charge in [-0.3, -0.25) is 9.69 Å². The van der Waals surface area contributed by atoms with Gasteiger partial charge in [-0.05, 0) is 17.9 Å². The number of carboxylic acids is 1. The first-order valence-corrected chi connectivity index (χ1v) is 10.1. The van der Waals surface area contributed by atoms with Crippen LogP contribution in [0.1, 0.15) is 44.7 Å². The van der Waals surface area contributed by atoms with Crippen LogP contribution < -0.4 is 0 Å². The van der Waals surface area contributed by atoms with E-state index in [0.717, 1.165) is 11.1 Å². The van der Waals surface area contributed by atoms with E-state index in [1.807, 2.05) is 52.0 Å². The van der Waals surface area contributed by atoms with Crippen LogP contribution in [0.25, 0.3) is 0 Å². The van der Waals surface area contributed by atoms with Gasteiger partial charge in [-0.25, -0.2) is 9.59 Å². The fourth-order valence-electron chi connectivity index (χ4n) is 3.67. The van der Waals surface area contributed by atoms with Gasteiger partial charge in [0.2, 0.25) is 5.91 Å². The molecule has 1 saturated heterocycles. The first kappa shape index (κ1) is 23.4. The summed E-state index contributed by atoms with van der Waals surface area (Å²) in [6, 6.07) is 6.44. The lowest BCUT2D eigenvalue weighted by molar-refractivity contribution is -0.142. The molecule has 0 spiro atoms. The van der Waals surface area contributed by atoms with E-state index in [4.69, 9.17) is 4.74 Å². The summed E-state index contributed by atoms with van der Waals surface area (Å²) >= 11 is 0. The van der Waals surface area contributed by atoms with E-state index >= 15 is 0 Å². The molecule has 1 heterocycles. The number of nitrogens with zero attached hydrogens (tertiary/aromatic N) is 2. The van der Waals surface area contributed by atoms with Crippen molar-refractivity contribution in [2.24, 2.45) is 5.41 Å². The van der Waals surface area contributed by atoms with Crippen molar-refractivity contribution in [3.05, 3.63) is 48.0 Å². The highest BCUT2D eigenvalue weighted by Crippen LogP contribution is 2.28. The number of carbonyl (C=O) groups is 3. The number of amides is 2. The van der Waals surface area contributed by atoms with Crippen LogP contribution in [0, 0.1) is 12.3 Å². The van der Waals surface area contributed by atoms with Crippen molar-refractivity contribution in [3.63, 3.8) is 0 Å². The number of carboxylic acid groups (broad SMARTS) is 1. The molecule has 7 nitrogen and oxygen atoms in total.